The van der Waals surface area contributed by atoms with Gasteiger partial charge in [0.15, 0.2) is 6.61 Å². The van der Waals surface area contributed by atoms with Crippen molar-refractivity contribution in [3.63, 3.8) is 0 Å². The number of hydrogen-bond donors (Lipinski definition) is 1. The predicted molar refractivity (Wildman–Crippen MR) is 115 cm³/mol. The van der Waals surface area contributed by atoms with E-state index in [9.17, 15) is 14.4 Å². The third-order valence-corrected chi connectivity index (χ3v) is 5.37. The molecule has 2 heterocycles. The van der Waals surface area contributed by atoms with Gasteiger partial charge in [0.25, 0.3) is 11.8 Å². The lowest BCUT2D eigenvalue weighted by Gasteiger charge is -2.39. The van der Waals surface area contributed by atoms with Gasteiger partial charge in [0.2, 0.25) is 11.7 Å². The van der Waals surface area contributed by atoms with Gasteiger partial charge in [-0.3, -0.25) is 9.59 Å². The largest absolute Gasteiger partial charge is 0.484 e. The highest BCUT2D eigenvalue weighted by atomic mass is 16.5. The Hall–Kier alpha value is -4.21. The van der Waals surface area contributed by atoms with Crippen LogP contribution in [0.3, 0.4) is 0 Å². The number of carbonyl (C=O) groups excluding carboxylic acids is 2. The average molecular weight is 450 g/mol. The van der Waals surface area contributed by atoms with Crippen molar-refractivity contribution in [2.24, 2.45) is 0 Å². The lowest BCUT2D eigenvalue weighted by molar-refractivity contribution is -0.144. The first kappa shape index (κ1) is 22.0. The molecule has 0 saturated carbocycles. The van der Waals surface area contributed by atoms with Gasteiger partial charge in [-0.1, -0.05) is 35.5 Å². The van der Waals surface area contributed by atoms with E-state index < -0.39 is 12.0 Å². The quantitative estimate of drug-likeness (QED) is 0.606. The fraction of sp³-hybridized carbons (Fsp3) is 0.261. The summed E-state index contributed by atoms with van der Waals surface area (Å²) in [7, 11) is 0. The molecule has 1 aliphatic rings. The zero-order valence-electron chi connectivity index (χ0n) is 17.9. The molecule has 2 aromatic carbocycles. The Morgan fingerprint density at radius 1 is 1.09 bits per heavy atom. The maximum absolute atomic E-state index is 13.0. The molecular weight excluding hydrogens is 428 g/mol. The highest BCUT2D eigenvalue weighted by Gasteiger charge is 2.36. The van der Waals surface area contributed by atoms with Gasteiger partial charge in [-0.2, -0.15) is 4.98 Å². The lowest BCUT2D eigenvalue weighted by Crippen LogP contribution is -2.53. The number of aromatic carboxylic acids is 1. The molecule has 1 saturated heterocycles. The van der Waals surface area contributed by atoms with Crippen LogP contribution in [0.5, 0.6) is 5.75 Å². The summed E-state index contributed by atoms with van der Waals surface area (Å²) in [5.74, 6) is -0.390. The van der Waals surface area contributed by atoms with Crippen LogP contribution in [0.25, 0.3) is 11.4 Å². The zero-order valence-corrected chi connectivity index (χ0v) is 17.9. The number of carboxylic acids is 1. The van der Waals surface area contributed by atoms with Crippen LogP contribution in [0.4, 0.5) is 0 Å². The Kier molecular flexibility index (Phi) is 6.34. The lowest BCUT2D eigenvalue weighted by atomic mass is 10.1. The van der Waals surface area contributed by atoms with Gasteiger partial charge >= 0.3 is 5.97 Å². The Morgan fingerprint density at radius 3 is 2.48 bits per heavy atom. The summed E-state index contributed by atoms with van der Waals surface area (Å²) in [6.45, 7) is 2.20. The smallest absolute Gasteiger partial charge is 0.335 e. The van der Waals surface area contributed by atoms with Gasteiger partial charge in [-0.15, -0.1) is 0 Å². The minimum atomic E-state index is -1.03. The van der Waals surface area contributed by atoms with E-state index in [2.05, 4.69) is 10.1 Å². The molecule has 0 aliphatic carbocycles. The minimum absolute atomic E-state index is 0.114. The molecule has 1 N–H and O–H groups in total. The number of hydrogen-bond acceptors (Lipinski definition) is 7. The number of para-hydroxylation sites is 1. The first-order valence-corrected chi connectivity index (χ1v) is 10.3. The van der Waals surface area contributed by atoms with Gasteiger partial charge in [0.1, 0.15) is 11.8 Å². The van der Waals surface area contributed by atoms with Crippen molar-refractivity contribution in [3.8, 4) is 17.1 Å². The SMILES string of the molecule is CC(=O)N1CCN(C(=O)COc2ccccc2)C(c2nc(-c3ccc(C(=O)O)cc3)no2)C1. The third kappa shape index (κ3) is 5.00. The molecule has 10 heteroatoms. The Morgan fingerprint density at radius 2 is 1.82 bits per heavy atom. The third-order valence-electron chi connectivity index (χ3n) is 5.37. The maximum atomic E-state index is 13.0. The Labute approximate surface area is 189 Å². The van der Waals surface area contributed by atoms with Gasteiger partial charge in [-0.25, -0.2) is 4.79 Å². The summed E-state index contributed by atoms with van der Waals surface area (Å²) >= 11 is 0. The van der Waals surface area contributed by atoms with Gasteiger partial charge in [-0.05, 0) is 24.3 Å². The summed E-state index contributed by atoms with van der Waals surface area (Å²) in [5.41, 5.74) is 0.710. The molecule has 3 aromatic rings. The van der Waals surface area contributed by atoms with Crippen LogP contribution in [0.15, 0.2) is 59.1 Å². The van der Waals surface area contributed by atoms with Crippen LogP contribution in [0, 0.1) is 0 Å². The molecule has 1 fully saturated rings. The topological polar surface area (TPSA) is 126 Å². The van der Waals surface area contributed by atoms with Crippen LogP contribution in [0.1, 0.15) is 29.2 Å². The summed E-state index contributed by atoms with van der Waals surface area (Å²) < 4.78 is 11.1. The second-order valence-corrected chi connectivity index (χ2v) is 7.51. The van der Waals surface area contributed by atoms with Crippen LogP contribution in [-0.4, -0.2) is 69.1 Å². The summed E-state index contributed by atoms with van der Waals surface area (Å²) in [6, 6.07) is 14.4. The highest BCUT2D eigenvalue weighted by molar-refractivity contribution is 5.88. The molecule has 0 spiro atoms. The van der Waals surface area contributed by atoms with Crippen LogP contribution in [0.2, 0.25) is 0 Å². The van der Waals surface area contributed by atoms with E-state index in [4.69, 9.17) is 14.4 Å². The van der Waals surface area contributed by atoms with Crippen molar-refractivity contribution in [2.75, 3.05) is 26.2 Å². The van der Waals surface area contributed by atoms with E-state index >= 15 is 0 Å². The van der Waals surface area contributed by atoms with Crippen LogP contribution >= 0.6 is 0 Å². The van der Waals surface area contributed by atoms with E-state index in [1.165, 1.54) is 19.1 Å². The molecule has 10 nitrogen and oxygen atoms in total. The molecule has 2 amide bonds. The van der Waals surface area contributed by atoms with E-state index in [-0.39, 0.29) is 42.2 Å². The Bertz CT molecular complexity index is 1150. The number of aromatic nitrogens is 2. The minimum Gasteiger partial charge on any atom is -0.484 e. The number of carboxylic acid groups (broad SMARTS) is 1. The Balaban J connectivity index is 1.54. The second-order valence-electron chi connectivity index (χ2n) is 7.51. The molecule has 4 rings (SSSR count). The van der Waals surface area contributed by atoms with E-state index in [0.717, 1.165) is 0 Å². The van der Waals surface area contributed by atoms with Gasteiger partial charge < -0.3 is 24.2 Å². The normalized spacial score (nSPS) is 15.8. The number of piperazine rings is 1. The highest BCUT2D eigenvalue weighted by Crippen LogP contribution is 2.27. The van der Waals surface area contributed by atoms with Crippen LogP contribution in [-0.2, 0) is 9.59 Å². The van der Waals surface area contributed by atoms with Crippen molar-refractivity contribution in [3.05, 3.63) is 66.1 Å². The fourth-order valence-electron chi connectivity index (χ4n) is 3.57. The van der Waals surface area contributed by atoms with E-state index in [0.29, 0.717) is 24.4 Å². The predicted octanol–water partition coefficient (Wildman–Crippen LogP) is 2.25. The second kappa shape index (κ2) is 9.51. The molecule has 0 bridgehead atoms. The molecule has 1 aliphatic heterocycles. The number of benzene rings is 2. The van der Waals surface area contributed by atoms with Crippen LogP contribution < -0.4 is 4.74 Å². The van der Waals surface area contributed by atoms with Gasteiger partial charge in [0, 0.05) is 25.6 Å². The van der Waals surface area contributed by atoms with E-state index in [1.54, 1.807) is 34.1 Å². The monoisotopic (exact) mass is 450 g/mol. The first-order valence-electron chi connectivity index (χ1n) is 10.3. The average Bonchev–Trinajstić information content (AvgIpc) is 3.33. The van der Waals surface area contributed by atoms with Crippen molar-refractivity contribution in [1.29, 1.82) is 0 Å². The molecular formula is C23H22N4O6. The molecule has 1 aromatic heterocycles. The van der Waals surface area contributed by atoms with Crippen molar-refractivity contribution in [1.82, 2.24) is 19.9 Å². The molecule has 33 heavy (non-hydrogen) atoms. The first-order chi connectivity index (χ1) is 15.9. The molecule has 170 valence electrons. The number of carbonyl (C=O) groups is 3. The van der Waals surface area contributed by atoms with Crippen molar-refractivity contribution < 1.29 is 28.8 Å². The summed E-state index contributed by atoms with van der Waals surface area (Å²) in [5, 5.41) is 13.0. The standard InChI is InChI=1S/C23H22N4O6/c1-15(28)26-11-12-27(20(29)14-32-18-5-3-2-4-6-18)19(13-26)22-24-21(25-33-22)16-7-9-17(10-8-16)23(30)31/h2-10,19H,11-14H2,1H3,(H,30,31). The van der Waals surface area contributed by atoms with Crippen molar-refractivity contribution >= 4 is 17.8 Å². The fourth-order valence-corrected chi connectivity index (χ4v) is 3.57. The van der Waals surface area contributed by atoms with E-state index in [1.807, 2.05) is 18.2 Å². The summed E-state index contributed by atoms with van der Waals surface area (Å²) in [6.07, 6.45) is 0. The number of ether oxygens (including phenoxy) is 1. The number of nitrogens with zero attached hydrogens (tertiary/aromatic N) is 4. The number of rotatable bonds is 6. The van der Waals surface area contributed by atoms with Gasteiger partial charge in [0.05, 0.1) is 12.1 Å². The maximum Gasteiger partial charge on any atom is 0.335 e. The zero-order chi connectivity index (χ0) is 23.4. The molecule has 1 atom stereocenters. The summed E-state index contributed by atoms with van der Waals surface area (Å²) in [4.78, 5) is 43.6. The molecule has 1 unspecified atom stereocenters. The number of amides is 2. The van der Waals surface area contributed by atoms with Crippen molar-refractivity contribution in [2.45, 2.75) is 13.0 Å². The molecule has 0 radical (unpaired) electrons.